The van der Waals surface area contributed by atoms with Gasteiger partial charge in [0.25, 0.3) is 0 Å². The summed E-state index contributed by atoms with van der Waals surface area (Å²) in [5.41, 5.74) is 14.9. The minimum Gasteiger partial charge on any atom is -0.319 e. The van der Waals surface area contributed by atoms with E-state index >= 15 is 0 Å². The average Bonchev–Trinajstić information content (AvgIpc) is 2.51. The topological polar surface area (TPSA) is 77.3 Å². The van der Waals surface area contributed by atoms with Crippen LogP contribution in [0.4, 0.5) is 0 Å². The van der Waals surface area contributed by atoms with Crippen molar-refractivity contribution in [2.24, 2.45) is 16.5 Å². The fourth-order valence-electron chi connectivity index (χ4n) is 2.53. The molecule has 0 amide bonds. The number of hydrogen-bond donors (Lipinski definition) is 2. The van der Waals surface area contributed by atoms with Crippen molar-refractivity contribution in [3.8, 4) is 11.1 Å². The lowest BCUT2D eigenvalue weighted by molar-refractivity contribution is 0.426. The minimum absolute atomic E-state index is 0.432. The smallest absolute Gasteiger partial charge is 0.129 e. The highest BCUT2D eigenvalue weighted by molar-refractivity contribution is 6.29. The molecule has 1 aliphatic heterocycles. The Hall–Kier alpha value is -2.01. The van der Waals surface area contributed by atoms with Gasteiger partial charge in [-0.3, -0.25) is 4.99 Å². The molecule has 0 bridgehead atoms. The minimum atomic E-state index is -0.661. The van der Waals surface area contributed by atoms with E-state index in [4.69, 9.17) is 23.1 Å². The van der Waals surface area contributed by atoms with E-state index in [-0.39, 0.29) is 0 Å². The zero-order chi connectivity index (χ0) is 15.6. The molecule has 0 fully saturated rings. The lowest BCUT2D eigenvalue weighted by Crippen LogP contribution is -2.55. The maximum Gasteiger partial charge on any atom is 0.129 e. The number of allylic oxidation sites excluding steroid dienone is 1. The van der Waals surface area contributed by atoms with E-state index in [9.17, 15) is 0 Å². The van der Waals surface area contributed by atoms with Crippen molar-refractivity contribution < 1.29 is 0 Å². The van der Waals surface area contributed by atoms with E-state index in [1.165, 1.54) is 0 Å². The van der Waals surface area contributed by atoms with Crippen LogP contribution in [0.5, 0.6) is 0 Å². The molecule has 3 rings (SSSR count). The van der Waals surface area contributed by atoms with Gasteiger partial charge in [-0.25, -0.2) is 4.98 Å². The van der Waals surface area contributed by atoms with Crippen LogP contribution < -0.4 is 11.5 Å². The first-order valence-corrected chi connectivity index (χ1v) is 7.41. The monoisotopic (exact) mass is 312 g/mol. The fraction of sp³-hybridized carbons (Fsp3) is 0.176. The molecule has 4 N–H and O–H groups in total. The SMILES string of the molecule is NC1N=CC=CC1(N)Cc1cccc(-c2ccc(Cl)nc2)c1. The third-order valence-electron chi connectivity index (χ3n) is 3.79. The van der Waals surface area contributed by atoms with Gasteiger partial charge >= 0.3 is 0 Å². The van der Waals surface area contributed by atoms with Crippen molar-refractivity contribution in [3.05, 3.63) is 65.5 Å². The largest absolute Gasteiger partial charge is 0.319 e. The number of benzene rings is 1. The molecule has 22 heavy (non-hydrogen) atoms. The van der Waals surface area contributed by atoms with Crippen molar-refractivity contribution in [3.63, 3.8) is 0 Å². The van der Waals surface area contributed by atoms with Crippen LogP contribution >= 0.6 is 11.6 Å². The lowest BCUT2D eigenvalue weighted by atomic mass is 9.87. The second-order valence-electron chi connectivity index (χ2n) is 5.46. The van der Waals surface area contributed by atoms with Gasteiger partial charge in [0, 0.05) is 18.0 Å². The Morgan fingerprint density at radius 1 is 1.18 bits per heavy atom. The van der Waals surface area contributed by atoms with Crippen LogP contribution in [0.2, 0.25) is 5.15 Å². The van der Waals surface area contributed by atoms with Crippen molar-refractivity contribution in [1.82, 2.24) is 4.98 Å². The molecule has 2 heterocycles. The van der Waals surface area contributed by atoms with Crippen LogP contribution in [0.1, 0.15) is 5.56 Å². The first kappa shape index (κ1) is 14.9. The van der Waals surface area contributed by atoms with Gasteiger partial charge in [-0.15, -0.1) is 0 Å². The van der Waals surface area contributed by atoms with Gasteiger partial charge < -0.3 is 11.5 Å². The summed E-state index contributed by atoms with van der Waals surface area (Å²) in [5.74, 6) is 0. The van der Waals surface area contributed by atoms with E-state index in [1.807, 2.05) is 36.4 Å². The first-order chi connectivity index (χ1) is 10.6. The van der Waals surface area contributed by atoms with Crippen molar-refractivity contribution in [2.75, 3.05) is 0 Å². The molecule has 2 aromatic rings. The summed E-state index contributed by atoms with van der Waals surface area (Å²) in [6, 6.07) is 11.9. The molecule has 4 nitrogen and oxygen atoms in total. The van der Waals surface area contributed by atoms with Gasteiger partial charge in [-0.1, -0.05) is 41.9 Å². The zero-order valence-corrected chi connectivity index (χ0v) is 12.7. The third kappa shape index (κ3) is 3.09. The van der Waals surface area contributed by atoms with Crippen LogP contribution in [-0.4, -0.2) is 22.9 Å². The maximum atomic E-state index is 6.39. The van der Waals surface area contributed by atoms with Gasteiger partial charge in [-0.2, -0.15) is 0 Å². The highest BCUT2D eigenvalue weighted by Crippen LogP contribution is 2.24. The van der Waals surface area contributed by atoms with Crippen LogP contribution in [0, 0.1) is 0 Å². The predicted octanol–water partition coefficient (Wildman–Crippen LogP) is 2.57. The number of pyridine rings is 1. The molecule has 1 aromatic carbocycles. The lowest BCUT2D eigenvalue weighted by Gasteiger charge is -2.31. The Balaban J connectivity index is 1.87. The van der Waals surface area contributed by atoms with E-state index < -0.39 is 11.7 Å². The Bertz CT molecular complexity index is 724. The van der Waals surface area contributed by atoms with E-state index in [1.54, 1.807) is 18.5 Å². The molecule has 5 heteroatoms. The normalized spacial score (nSPS) is 23.7. The first-order valence-electron chi connectivity index (χ1n) is 7.03. The average molecular weight is 313 g/mol. The summed E-state index contributed by atoms with van der Waals surface area (Å²) in [5, 5.41) is 0.483. The molecule has 0 aliphatic carbocycles. The zero-order valence-electron chi connectivity index (χ0n) is 12.0. The standard InChI is InChI=1S/C17H17ClN4/c18-15-6-5-14(11-22-15)13-4-1-3-12(9-13)10-17(20)7-2-8-21-16(17)19/h1-9,11,16H,10,19-20H2. The number of hydrogen-bond acceptors (Lipinski definition) is 4. The molecule has 0 radical (unpaired) electrons. The molecule has 112 valence electrons. The molecule has 0 spiro atoms. The van der Waals surface area contributed by atoms with Gasteiger partial charge in [-0.05, 0) is 35.8 Å². The highest BCUT2D eigenvalue weighted by Gasteiger charge is 2.31. The van der Waals surface area contributed by atoms with Crippen LogP contribution in [0.25, 0.3) is 11.1 Å². The molecule has 2 atom stereocenters. The summed E-state index contributed by atoms with van der Waals surface area (Å²) in [7, 11) is 0. The molecule has 1 aromatic heterocycles. The number of rotatable bonds is 3. The van der Waals surface area contributed by atoms with Crippen LogP contribution in [0.15, 0.2) is 59.7 Å². The second-order valence-corrected chi connectivity index (χ2v) is 5.85. The van der Waals surface area contributed by atoms with Crippen LogP contribution in [0.3, 0.4) is 0 Å². The summed E-state index contributed by atoms with van der Waals surface area (Å²) >= 11 is 5.83. The number of aromatic nitrogens is 1. The number of nitrogens with two attached hydrogens (primary N) is 2. The third-order valence-corrected chi connectivity index (χ3v) is 4.01. The Labute approximate surface area is 134 Å². The molecule has 1 aliphatic rings. The van der Waals surface area contributed by atoms with Crippen molar-refractivity contribution >= 4 is 17.8 Å². The number of dihydropyridines is 1. The summed E-state index contributed by atoms with van der Waals surface area (Å²) in [4.78, 5) is 8.30. The number of aliphatic imine (C=N–C) groups is 1. The molecule has 0 saturated carbocycles. The molecule has 2 unspecified atom stereocenters. The Kier molecular flexibility index (Phi) is 4.07. The molecule has 0 saturated heterocycles. The number of halogens is 1. The van der Waals surface area contributed by atoms with E-state index in [0.29, 0.717) is 11.6 Å². The molecular formula is C17H17ClN4. The summed E-state index contributed by atoms with van der Waals surface area (Å²) < 4.78 is 0. The highest BCUT2D eigenvalue weighted by atomic mass is 35.5. The van der Waals surface area contributed by atoms with Crippen molar-refractivity contribution in [2.45, 2.75) is 18.1 Å². The number of nitrogens with zero attached hydrogens (tertiary/aromatic N) is 2. The summed E-state index contributed by atoms with van der Waals surface area (Å²) in [6.45, 7) is 0. The Morgan fingerprint density at radius 3 is 2.77 bits per heavy atom. The van der Waals surface area contributed by atoms with E-state index in [0.717, 1.165) is 16.7 Å². The Morgan fingerprint density at radius 2 is 2.05 bits per heavy atom. The van der Waals surface area contributed by atoms with Gasteiger partial charge in [0.2, 0.25) is 0 Å². The van der Waals surface area contributed by atoms with Gasteiger partial charge in [0.05, 0.1) is 5.54 Å². The van der Waals surface area contributed by atoms with Gasteiger partial charge in [0.15, 0.2) is 0 Å². The quantitative estimate of drug-likeness (QED) is 0.855. The van der Waals surface area contributed by atoms with E-state index in [2.05, 4.69) is 16.0 Å². The van der Waals surface area contributed by atoms with Gasteiger partial charge in [0.1, 0.15) is 11.3 Å². The fourth-order valence-corrected chi connectivity index (χ4v) is 2.64. The molecular weight excluding hydrogens is 296 g/mol. The maximum absolute atomic E-state index is 6.39. The van der Waals surface area contributed by atoms with Crippen LogP contribution in [-0.2, 0) is 6.42 Å². The summed E-state index contributed by atoms with van der Waals surface area (Å²) in [6.07, 6.45) is 7.40. The predicted molar refractivity (Wildman–Crippen MR) is 90.9 cm³/mol. The second kappa shape index (κ2) is 6.01. The van der Waals surface area contributed by atoms with Crippen molar-refractivity contribution in [1.29, 1.82) is 0 Å².